The van der Waals surface area contributed by atoms with E-state index in [1.807, 2.05) is 0 Å². The third-order valence-corrected chi connectivity index (χ3v) is 3.57. The second-order valence-electron chi connectivity index (χ2n) is 4.96. The Kier molecular flexibility index (Phi) is 4.54. The van der Waals surface area contributed by atoms with Gasteiger partial charge in [-0.3, -0.25) is 0 Å². The maximum atomic E-state index is 14.2. The molecule has 0 bridgehead atoms. The quantitative estimate of drug-likeness (QED) is 0.835. The van der Waals surface area contributed by atoms with E-state index in [-0.39, 0.29) is 0 Å². The van der Waals surface area contributed by atoms with Crippen LogP contribution in [0.1, 0.15) is 11.1 Å². The Hall–Kier alpha value is -2.22. The van der Waals surface area contributed by atoms with E-state index in [4.69, 9.17) is 4.74 Å². The Balaban J connectivity index is 2.89. The second kappa shape index (κ2) is 6.01. The van der Waals surface area contributed by atoms with Gasteiger partial charge in [0.25, 0.3) is 0 Å². The molecule has 0 radical (unpaired) electrons. The Morgan fingerprint density at radius 1 is 0.833 bits per heavy atom. The van der Waals surface area contributed by atoms with Gasteiger partial charge < -0.3 is 9.84 Å². The van der Waals surface area contributed by atoms with Gasteiger partial charge in [0, 0.05) is 11.1 Å². The molecule has 2 aromatic rings. The lowest BCUT2D eigenvalue weighted by molar-refractivity contribution is -0.337. The highest BCUT2D eigenvalue weighted by Gasteiger charge is 2.72. The van der Waals surface area contributed by atoms with Crippen molar-refractivity contribution in [3.63, 3.8) is 0 Å². The van der Waals surface area contributed by atoms with Gasteiger partial charge in [-0.1, -0.05) is 36.4 Å². The first kappa shape index (κ1) is 18.1. The molecule has 2 nitrogen and oxygen atoms in total. The van der Waals surface area contributed by atoms with E-state index < -0.39 is 40.4 Å². The summed E-state index contributed by atoms with van der Waals surface area (Å²) in [6.07, 6.45) is -6.13. The Morgan fingerprint density at radius 2 is 1.33 bits per heavy atom. The fraction of sp³-hybridized carbons (Fsp3) is 0.250. The zero-order chi connectivity index (χ0) is 18.2. The van der Waals surface area contributed by atoms with Gasteiger partial charge in [0.2, 0.25) is 0 Å². The highest BCUT2D eigenvalue weighted by atomic mass is 19.4. The van der Waals surface area contributed by atoms with Crippen molar-refractivity contribution in [2.45, 2.75) is 17.7 Å². The smallest absolute Gasteiger partial charge is 0.457 e. The molecule has 0 amide bonds. The number of aliphatic hydroxyl groups is 1. The van der Waals surface area contributed by atoms with Gasteiger partial charge in [-0.05, 0) is 12.1 Å². The third-order valence-electron chi connectivity index (χ3n) is 3.57. The summed E-state index contributed by atoms with van der Waals surface area (Å²) in [5.41, 5.74) is -6.12. The molecule has 0 aromatic heterocycles. The number of para-hydroxylation sites is 1. The van der Waals surface area contributed by atoms with Crippen LogP contribution in [0, 0.1) is 5.82 Å². The van der Waals surface area contributed by atoms with Crippen LogP contribution in [-0.2, 0) is 5.60 Å². The highest BCUT2D eigenvalue weighted by Crippen LogP contribution is 2.53. The molecule has 0 saturated carbocycles. The molecule has 130 valence electrons. The summed E-state index contributed by atoms with van der Waals surface area (Å²) in [6.45, 7) is 0. The lowest BCUT2D eigenvalue weighted by atomic mass is 9.79. The first-order chi connectivity index (χ1) is 11.1. The summed E-state index contributed by atoms with van der Waals surface area (Å²) in [4.78, 5) is 0. The van der Waals surface area contributed by atoms with Gasteiger partial charge in [0.15, 0.2) is 5.60 Å². The number of benzene rings is 2. The van der Waals surface area contributed by atoms with Crippen molar-refractivity contribution in [3.05, 3.63) is 65.5 Å². The molecule has 1 N–H and O–H groups in total. The summed E-state index contributed by atoms with van der Waals surface area (Å²) in [5, 5.41) is 10.5. The first-order valence-electron chi connectivity index (χ1n) is 6.62. The van der Waals surface area contributed by atoms with Gasteiger partial charge in [0.05, 0.1) is 7.11 Å². The van der Waals surface area contributed by atoms with Crippen molar-refractivity contribution < 1.29 is 36.2 Å². The summed E-state index contributed by atoms with van der Waals surface area (Å²) >= 11 is 0. The number of hydrogen-bond acceptors (Lipinski definition) is 2. The van der Waals surface area contributed by atoms with Crippen LogP contribution in [0.3, 0.4) is 0 Å². The number of alkyl halides is 5. The molecule has 2 rings (SSSR count). The van der Waals surface area contributed by atoms with Crippen LogP contribution in [0.15, 0.2) is 48.5 Å². The van der Waals surface area contributed by atoms with Crippen LogP contribution in [0.25, 0.3) is 0 Å². The normalized spacial score (nSPS) is 15.0. The molecule has 0 aliphatic carbocycles. The van der Waals surface area contributed by atoms with E-state index >= 15 is 0 Å². The molecule has 24 heavy (non-hydrogen) atoms. The van der Waals surface area contributed by atoms with Crippen molar-refractivity contribution in [1.82, 2.24) is 0 Å². The van der Waals surface area contributed by atoms with Crippen LogP contribution in [0.5, 0.6) is 5.75 Å². The topological polar surface area (TPSA) is 29.5 Å². The second-order valence-corrected chi connectivity index (χ2v) is 4.96. The Labute approximate surface area is 133 Å². The number of ether oxygens (including phenoxy) is 1. The molecule has 0 fully saturated rings. The zero-order valence-electron chi connectivity index (χ0n) is 12.2. The number of halogens is 6. The molecule has 2 aromatic carbocycles. The Morgan fingerprint density at radius 3 is 1.83 bits per heavy atom. The minimum atomic E-state index is -6.13. The van der Waals surface area contributed by atoms with Crippen molar-refractivity contribution in [3.8, 4) is 5.75 Å². The molecule has 0 aliphatic heterocycles. The summed E-state index contributed by atoms with van der Waals surface area (Å²) in [5.74, 6) is -7.53. The molecule has 1 atom stereocenters. The van der Waals surface area contributed by atoms with E-state index in [1.54, 1.807) is 0 Å². The molecular formula is C16H12F6O2. The fourth-order valence-corrected chi connectivity index (χ4v) is 2.39. The molecular weight excluding hydrogens is 338 g/mol. The van der Waals surface area contributed by atoms with Gasteiger partial charge in [0.1, 0.15) is 11.6 Å². The van der Waals surface area contributed by atoms with Crippen LogP contribution in [0.4, 0.5) is 26.3 Å². The predicted molar refractivity (Wildman–Crippen MR) is 73.4 cm³/mol. The van der Waals surface area contributed by atoms with E-state index in [0.717, 1.165) is 37.4 Å². The molecule has 0 aliphatic rings. The SMILES string of the molecule is COc1ccccc1C(O)(c1ccccc1F)C(F)(F)C(F)(F)F. The zero-order valence-corrected chi connectivity index (χ0v) is 12.2. The minimum Gasteiger partial charge on any atom is -0.496 e. The van der Waals surface area contributed by atoms with Crippen LogP contribution >= 0.6 is 0 Å². The van der Waals surface area contributed by atoms with Gasteiger partial charge >= 0.3 is 12.1 Å². The lowest BCUT2D eigenvalue weighted by Crippen LogP contribution is -2.56. The van der Waals surface area contributed by atoms with Crippen LogP contribution < -0.4 is 4.74 Å². The number of methoxy groups -OCH3 is 1. The van der Waals surface area contributed by atoms with E-state index in [0.29, 0.717) is 12.1 Å². The van der Waals surface area contributed by atoms with Gasteiger partial charge in [-0.2, -0.15) is 22.0 Å². The first-order valence-corrected chi connectivity index (χ1v) is 6.62. The molecule has 0 saturated heterocycles. The van der Waals surface area contributed by atoms with Crippen LogP contribution in [0.2, 0.25) is 0 Å². The highest BCUT2D eigenvalue weighted by molar-refractivity contribution is 5.47. The molecule has 1 unspecified atom stereocenters. The third kappa shape index (κ3) is 2.60. The van der Waals surface area contributed by atoms with E-state index in [2.05, 4.69) is 0 Å². The van der Waals surface area contributed by atoms with Gasteiger partial charge in [-0.25, -0.2) is 4.39 Å². The standard InChI is InChI=1S/C16H12F6O2/c1-24-13-9-5-3-7-11(13)14(23,15(18,19)16(20,21)22)10-6-2-4-8-12(10)17/h2-9,23H,1H3. The minimum absolute atomic E-state index is 0.438. The average molecular weight is 350 g/mol. The fourth-order valence-electron chi connectivity index (χ4n) is 2.39. The monoisotopic (exact) mass is 350 g/mol. The Bertz CT molecular complexity index is 729. The maximum absolute atomic E-state index is 14.2. The van der Waals surface area contributed by atoms with E-state index in [9.17, 15) is 31.4 Å². The summed E-state index contributed by atoms with van der Waals surface area (Å²) < 4.78 is 86.3. The number of hydrogen-bond donors (Lipinski definition) is 1. The molecule has 8 heteroatoms. The summed E-state index contributed by atoms with van der Waals surface area (Å²) in [6, 6.07) is 7.87. The lowest BCUT2D eigenvalue weighted by Gasteiger charge is -2.38. The van der Waals surface area contributed by atoms with Gasteiger partial charge in [-0.15, -0.1) is 0 Å². The summed E-state index contributed by atoms with van der Waals surface area (Å²) in [7, 11) is 1.03. The van der Waals surface area contributed by atoms with Crippen LogP contribution in [-0.4, -0.2) is 24.3 Å². The van der Waals surface area contributed by atoms with Crippen molar-refractivity contribution in [2.24, 2.45) is 0 Å². The molecule has 0 spiro atoms. The van der Waals surface area contributed by atoms with E-state index in [1.165, 1.54) is 6.07 Å². The average Bonchev–Trinajstić information content (AvgIpc) is 2.53. The predicted octanol–water partition coefficient (Wildman–Crippen LogP) is 4.27. The van der Waals surface area contributed by atoms with Crippen molar-refractivity contribution in [2.75, 3.05) is 7.11 Å². The maximum Gasteiger partial charge on any atom is 0.457 e. The van der Waals surface area contributed by atoms with Crippen molar-refractivity contribution >= 4 is 0 Å². The van der Waals surface area contributed by atoms with Crippen molar-refractivity contribution in [1.29, 1.82) is 0 Å². The number of rotatable bonds is 4. The molecule has 0 heterocycles. The largest absolute Gasteiger partial charge is 0.496 e.